The number of carbonyl (C=O) groups excluding carboxylic acids is 1. The second kappa shape index (κ2) is 5.33. The van der Waals surface area contributed by atoms with Gasteiger partial charge in [0.2, 0.25) is 0 Å². The molecule has 14 heavy (non-hydrogen) atoms. The van der Waals surface area contributed by atoms with Crippen LogP contribution in [0.3, 0.4) is 0 Å². The maximum Gasteiger partial charge on any atom is 0.307 e. The number of ether oxygens (including phenoxy) is 1. The van der Waals surface area contributed by atoms with Crippen molar-refractivity contribution in [2.45, 2.75) is 12.5 Å². The van der Waals surface area contributed by atoms with Crippen LogP contribution in [0.1, 0.15) is 6.42 Å². The van der Waals surface area contributed by atoms with Crippen molar-refractivity contribution in [1.82, 2.24) is 0 Å². The summed E-state index contributed by atoms with van der Waals surface area (Å²) in [6.07, 6.45) is 1.95. The van der Waals surface area contributed by atoms with E-state index in [1.54, 1.807) is 0 Å². The standard InChI is InChI=1S/C7H12ClNO4S/c1-13-7(10)4-5(9)3-6(8)14(2,11)12/h3,5H,4,9H2,1-2H3/b6-3+/t5-/m1/s1. The van der Waals surface area contributed by atoms with Gasteiger partial charge in [-0.3, -0.25) is 4.79 Å². The Morgan fingerprint density at radius 3 is 2.50 bits per heavy atom. The Morgan fingerprint density at radius 1 is 1.64 bits per heavy atom. The molecule has 0 radical (unpaired) electrons. The fraction of sp³-hybridized carbons (Fsp3) is 0.571. The predicted octanol–water partition coefficient (Wildman–Crippen LogP) is 0.00160. The van der Waals surface area contributed by atoms with Gasteiger partial charge in [-0.15, -0.1) is 0 Å². The Hall–Kier alpha value is -0.590. The summed E-state index contributed by atoms with van der Waals surface area (Å²) in [6, 6.07) is -0.760. The van der Waals surface area contributed by atoms with Crippen LogP contribution in [0.4, 0.5) is 0 Å². The number of methoxy groups -OCH3 is 1. The van der Waals surface area contributed by atoms with Crippen LogP contribution in [0.5, 0.6) is 0 Å². The zero-order valence-corrected chi connectivity index (χ0v) is 9.43. The number of rotatable bonds is 4. The van der Waals surface area contributed by atoms with Crippen LogP contribution in [0, 0.1) is 0 Å². The summed E-state index contributed by atoms with van der Waals surface area (Å²) in [4.78, 5) is 10.7. The molecule has 0 saturated heterocycles. The molecule has 0 aromatic carbocycles. The summed E-state index contributed by atoms with van der Waals surface area (Å²) in [5.74, 6) is -0.522. The molecular formula is C7H12ClNO4S. The van der Waals surface area contributed by atoms with E-state index in [1.165, 1.54) is 7.11 Å². The number of nitrogens with two attached hydrogens (primary N) is 1. The molecule has 5 nitrogen and oxygen atoms in total. The molecule has 0 aliphatic rings. The highest BCUT2D eigenvalue weighted by molar-refractivity contribution is 7.96. The van der Waals surface area contributed by atoms with Crippen molar-refractivity contribution in [1.29, 1.82) is 0 Å². The summed E-state index contributed by atoms with van der Waals surface area (Å²) >= 11 is 5.42. The molecule has 0 heterocycles. The van der Waals surface area contributed by atoms with Crippen molar-refractivity contribution in [3.63, 3.8) is 0 Å². The van der Waals surface area contributed by atoms with Gasteiger partial charge in [0.05, 0.1) is 13.5 Å². The smallest absolute Gasteiger partial charge is 0.307 e. The lowest BCUT2D eigenvalue weighted by Crippen LogP contribution is -2.22. The quantitative estimate of drug-likeness (QED) is 0.701. The van der Waals surface area contributed by atoms with Gasteiger partial charge in [-0.25, -0.2) is 8.42 Å². The highest BCUT2D eigenvalue weighted by Gasteiger charge is 2.12. The van der Waals surface area contributed by atoms with E-state index in [0.29, 0.717) is 0 Å². The molecule has 0 spiro atoms. The van der Waals surface area contributed by atoms with Crippen molar-refractivity contribution >= 4 is 27.4 Å². The van der Waals surface area contributed by atoms with Gasteiger partial charge in [0.15, 0.2) is 9.84 Å². The van der Waals surface area contributed by atoms with Crippen molar-refractivity contribution in [2.75, 3.05) is 13.4 Å². The SMILES string of the molecule is COC(=O)C[C@H](N)/C=C(\Cl)S(C)(=O)=O. The first-order valence-corrected chi connectivity index (χ1v) is 5.94. The molecule has 0 amide bonds. The average molecular weight is 242 g/mol. The van der Waals surface area contributed by atoms with Gasteiger partial charge in [0.25, 0.3) is 0 Å². The molecule has 82 valence electrons. The van der Waals surface area contributed by atoms with E-state index < -0.39 is 21.8 Å². The number of sulfone groups is 1. The largest absolute Gasteiger partial charge is 0.469 e. The highest BCUT2D eigenvalue weighted by atomic mass is 35.5. The zero-order chi connectivity index (χ0) is 11.4. The van der Waals surface area contributed by atoms with Gasteiger partial charge in [-0.05, 0) is 6.08 Å². The summed E-state index contributed by atoms with van der Waals surface area (Å²) < 4.78 is 25.7. The second-order valence-corrected chi connectivity index (χ2v) is 5.30. The van der Waals surface area contributed by atoms with Crippen LogP contribution in [0.25, 0.3) is 0 Å². The average Bonchev–Trinajstić information content (AvgIpc) is 2.02. The van der Waals surface area contributed by atoms with E-state index in [1.807, 2.05) is 0 Å². The zero-order valence-electron chi connectivity index (χ0n) is 7.86. The molecule has 2 N–H and O–H groups in total. The molecule has 1 atom stereocenters. The van der Waals surface area contributed by atoms with E-state index in [4.69, 9.17) is 17.3 Å². The summed E-state index contributed by atoms with van der Waals surface area (Å²) in [5, 5.41) is 0. The number of esters is 1. The lowest BCUT2D eigenvalue weighted by Gasteiger charge is -2.05. The molecule has 0 aliphatic carbocycles. The van der Waals surface area contributed by atoms with Crippen LogP contribution in [0.2, 0.25) is 0 Å². The van der Waals surface area contributed by atoms with Gasteiger partial charge in [0.1, 0.15) is 4.36 Å². The molecule has 0 bridgehead atoms. The second-order valence-electron chi connectivity index (χ2n) is 2.69. The molecule has 0 unspecified atom stereocenters. The van der Waals surface area contributed by atoms with E-state index in [9.17, 15) is 13.2 Å². The summed E-state index contributed by atoms with van der Waals surface area (Å²) in [6.45, 7) is 0. The predicted molar refractivity (Wildman–Crippen MR) is 53.4 cm³/mol. The van der Waals surface area contributed by atoms with Gasteiger partial charge in [-0.1, -0.05) is 11.6 Å². The fourth-order valence-electron chi connectivity index (χ4n) is 0.627. The van der Waals surface area contributed by atoms with Gasteiger partial charge >= 0.3 is 5.97 Å². The van der Waals surface area contributed by atoms with Gasteiger partial charge in [-0.2, -0.15) is 0 Å². The molecule has 0 aliphatic heterocycles. The number of halogens is 1. The summed E-state index contributed by atoms with van der Waals surface area (Å²) in [7, 11) is -2.23. The Kier molecular flexibility index (Phi) is 5.11. The first-order chi connectivity index (χ1) is 6.27. The molecule has 0 fully saturated rings. The third kappa shape index (κ3) is 5.21. The maximum atomic E-state index is 10.9. The third-order valence-corrected chi connectivity index (χ3v) is 3.14. The van der Waals surface area contributed by atoms with Gasteiger partial charge < -0.3 is 10.5 Å². The van der Waals surface area contributed by atoms with Crippen molar-refractivity contribution in [3.8, 4) is 0 Å². The van der Waals surface area contributed by atoms with E-state index in [2.05, 4.69) is 4.74 Å². The van der Waals surface area contributed by atoms with Gasteiger partial charge in [0, 0.05) is 12.3 Å². The van der Waals surface area contributed by atoms with E-state index >= 15 is 0 Å². The minimum Gasteiger partial charge on any atom is -0.469 e. The number of hydrogen-bond acceptors (Lipinski definition) is 5. The Morgan fingerprint density at radius 2 is 2.14 bits per heavy atom. The molecule has 0 aromatic heterocycles. The third-order valence-electron chi connectivity index (χ3n) is 1.33. The van der Waals surface area contributed by atoms with Crippen LogP contribution in [-0.4, -0.2) is 33.8 Å². The first kappa shape index (κ1) is 13.4. The molecule has 0 aromatic rings. The van der Waals surface area contributed by atoms with Crippen LogP contribution < -0.4 is 5.73 Å². The monoisotopic (exact) mass is 241 g/mol. The molecular weight excluding hydrogens is 230 g/mol. The Labute approximate surface area is 87.8 Å². The maximum absolute atomic E-state index is 10.9. The minimum atomic E-state index is -3.45. The fourth-order valence-corrected chi connectivity index (χ4v) is 1.21. The minimum absolute atomic E-state index is 0.109. The summed E-state index contributed by atoms with van der Waals surface area (Å²) in [5.41, 5.74) is 5.42. The number of hydrogen-bond donors (Lipinski definition) is 1. The van der Waals surface area contributed by atoms with Crippen LogP contribution >= 0.6 is 11.6 Å². The van der Waals surface area contributed by atoms with Crippen molar-refractivity contribution in [3.05, 3.63) is 10.4 Å². The topological polar surface area (TPSA) is 86.5 Å². The lowest BCUT2D eigenvalue weighted by atomic mass is 10.2. The molecule has 0 rings (SSSR count). The molecule has 0 saturated carbocycles. The first-order valence-electron chi connectivity index (χ1n) is 3.67. The highest BCUT2D eigenvalue weighted by Crippen LogP contribution is 2.11. The van der Waals surface area contributed by atoms with E-state index in [0.717, 1.165) is 12.3 Å². The number of carbonyl (C=O) groups is 1. The van der Waals surface area contributed by atoms with Crippen LogP contribution in [-0.2, 0) is 19.4 Å². The normalized spacial score (nSPS) is 15.0. The van der Waals surface area contributed by atoms with Crippen LogP contribution in [0.15, 0.2) is 10.4 Å². The Bertz CT molecular complexity index is 336. The van der Waals surface area contributed by atoms with Crippen molar-refractivity contribution in [2.24, 2.45) is 5.73 Å². The Balaban J connectivity index is 4.45. The lowest BCUT2D eigenvalue weighted by molar-refractivity contribution is -0.140. The van der Waals surface area contributed by atoms with E-state index in [-0.39, 0.29) is 10.8 Å². The van der Waals surface area contributed by atoms with Crippen molar-refractivity contribution < 1.29 is 17.9 Å². The molecule has 7 heteroatoms.